The van der Waals surface area contributed by atoms with E-state index in [2.05, 4.69) is 0 Å². The van der Waals surface area contributed by atoms with E-state index in [0.29, 0.717) is 17.9 Å². The van der Waals surface area contributed by atoms with Gasteiger partial charge in [0.15, 0.2) is 0 Å². The summed E-state index contributed by atoms with van der Waals surface area (Å²) in [6.07, 6.45) is 5.85. The fraction of sp³-hybridized carbons (Fsp3) is 0.917. The summed E-state index contributed by atoms with van der Waals surface area (Å²) in [4.78, 5) is 13.9. The van der Waals surface area contributed by atoms with Gasteiger partial charge in [-0.15, -0.1) is 0 Å². The second-order valence-corrected chi connectivity index (χ2v) is 5.12. The molecule has 0 bridgehead atoms. The van der Waals surface area contributed by atoms with E-state index < -0.39 is 0 Å². The maximum Gasteiger partial charge on any atom is 0.223 e. The first-order valence-electron chi connectivity index (χ1n) is 6.14. The fourth-order valence-corrected chi connectivity index (χ4v) is 2.49. The summed E-state index contributed by atoms with van der Waals surface area (Å²) in [6, 6.07) is 0.302. The third-order valence-corrected chi connectivity index (χ3v) is 3.47. The van der Waals surface area contributed by atoms with Crippen LogP contribution >= 0.6 is 0 Å². The number of likely N-dealkylation sites (tertiary alicyclic amines) is 1. The summed E-state index contributed by atoms with van der Waals surface area (Å²) in [5, 5.41) is 9.37. The Morgan fingerprint density at radius 2 is 2.20 bits per heavy atom. The van der Waals surface area contributed by atoms with Crippen LogP contribution in [0.15, 0.2) is 0 Å². The Kier molecular flexibility index (Phi) is 3.29. The Morgan fingerprint density at radius 1 is 1.47 bits per heavy atom. The number of hydrogen-bond donors (Lipinski definition) is 1. The van der Waals surface area contributed by atoms with Crippen molar-refractivity contribution >= 4 is 5.91 Å². The summed E-state index contributed by atoms with van der Waals surface area (Å²) >= 11 is 0. The number of carbonyl (C=O) groups excluding carboxylic acids is 1. The highest BCUT2D eigenvalue weighted by Crippen LogP contribution is 2.34. The van der Waals surface area contributed by atoms with E-state index in [1.165, 1.54) is 12.8 Å². The van der Waals surface area contributed by atoms with Crippen molar-refractivity contribution in [2.45, 2.75) is 57.6 Å². The molecule has 86 valence electrons. The second kappa shape index (κ2) is 4.52. The molecule has 3 heteroatoms. The first kappa shape index (κ1) is 10.9. The molecule has 0 aromatic rings. The fourth-order valence-electron chi connectivity index (χ4n) is 2.49. The first-order valence-corrected chi connectivity index (χ1v) is 6.14. The van der Waals surface area contributed by atoms with Crippen LogP contribution < -0.4 is 0 Å². The number of rotatable bonds is 4. The van der Waals surface area contributed by atoms with Crippen LogP contribution in [0.25, 0.3) is 0 Å². The monoisotopic (exact) mass is 211 g/mol. The van der Waals surface area contributed by atoms with Gasteiger partial charge in [-0.2, -0.15) is 0 Å². The zero-order valence-corrected chi connectivity index (χ0v) is 9.48. The Bertz CT molecular complexity index is 236. The van der Waals surface area contributed by atoms with E-state index >= 15 is 0 Å². The summed E-state index contributed by atoms with van der Waals surface area (Å²) in [7, 11) is 0. The highest BCUT2D eigenvalue weighted by atomic mass is 16.3. The zero-order valence-electron chi connectivity index (χ0n) is 9.48. The van der Waals surface area contributed by atoms with Gasteiger partial charge < -0.3 is 10.0 Å². The highest BCUT2D eigenvalue weighted by Gasteiger charge is 2.33. The lowest BCUT2D eigenvalue weighted by Gasteiger charge is -2.25. The van der Waals surface area contributed by atoms with Crippen molar-refractivity contribution < 1.29 is 9.90 Å². The van der Waals surface area contributed by atoms with Crippen molar-refractivity contribution in [2.75, 3.05) is 6.54 Å². The number of carbonyl (C=O) groups is 1. The van der Waals surface area contributed by atoms with Crippen LogP contribution in [0.1, 0.15) is 45.4 Å². The van der Waals surface area contributed by atoms with Crippen LogP contribution in [0, 0.1) is 5.92 Å². The van der Waals surface area contributed by atoms with Gasteiger partial charge in [0.2, 0.25) is 5.91 Å². The van der Waals surface area contributed by atoms with Crippen molar-refractivity contribution in [3.63, 3.8) is 0 Å². The maximum atomic E-state index is 11.9. The average molecular weight is 211 g/mol. The quantitative estimate of drug-likeness (QED) is 0.766. The standard InChI is InChI=1S/C12H21NO2/c1-9(14)7-11-3-2-6-13(11)12(15)8-10-4-5-10/h9-11,14H,2-8H2,1H3. The third-order valence-electron chi connectivity index (χ3n) is 3.47. The number of amides is 1. The van der Waals surface area contributed by atoms with Crippen LogP contribution in [0.3, 0.4) is 0 Å². The molecule has 0 spiro atoms. The minimum atomic E-state index is -0.288. The molecule has 0 aromatic carbocycles. The van der Waals surface area contributed by atoms with Gasteiger partial charge in [0.25, 0.3) is 0 Å². The molecule has 1 amide bonds. The van der Waals surface area contributed by atoms with E-state index in [1.54, 1.807) is 0 Å². The van der Waals surface area contributed by atoms with Crippen molar-refractivity contribution in [1.29, 1.82) is 0 Å². The Morgan fingerprint density at radius 3 is 2.80 bits per heavy atom. The molecular weight excluding hydrogens is 190 g/mol. The largest absolute Gasteiger partial charge is 0.393 e. The molecule has 0 aromatic heterocycles. The molecule has 2 fully saturated rings. The number of hydrogen-bond acceptors (Lipinski definition) is 2. The summed E-state index contributed by atoms with van der Waals surface area (Å²) < 4.78 is 0. The van der Waals surface area contributed by atoms with E-state index in [4.69, 9.17) is 0 Å². The molecule has 2 aliphatic rings. The second-order valence-electron chi connectivity index (χ2n) is 5.12. The molecule has 1 saturated carbocycles. The number of aliphatic hydroxyl groups is 1. The lowest BCUT2D eigenvalue weighted by Crippen LogP contribution is -2.37. The van der Waals surface area contributed by atoms with Crippen molar-refractivity contribution in [2.24, 2.45) is 5.92 Å². The van der Waals surface area contributed by atoms with Crippen LogP contribution in [-0.2, 0) is 4.79 Å². The molecular formula is C12H21NO2. The van der Waals surface area contributed by atoms with Gasteiger partial charge in [-0.25, -0.2) is 0 Å². The zero-order chi connectivity index (χ0) is 10.8. The molecule has 1 aliphatic carbocycles. The van der Waals surface area contributed by atoms with Crippen molar-refractivity contribution in [3.05, 3.63) is 0 Å². The Labute approximate surface area is 91.5 Å². The molecule has 15 heavy (non-hydrogen) atoms. The molecule has 1 aliphatic heterocycles. The molecule has 1 N–H and O–H groups in total. The maximum absolute atomic E-state index is 11.9. The van der Waals surface area contributed by atoms with Gasteiger partial charge in [0, 0.05) is 19.0 Å². The Balaban J connectivity index is 1.85. The van der Waals surface area contributed by atoms with E-state index in [-0.39, 0.29) is 6.10 Å². The van der Waals surface area contributed by atoms with Gasteiger partial charge >= 0.3 is 0 Å². The SMILES string of the molecule is CC(O)CC1CCCN1C(=O)CC1CC1. The third kappa shape index (κ3) is 2.94. The Hall–Kier alpha value is -0.570. The predicted molar refractivity (Wildman–Crippen MR) is 58.4 cm³/mol. The predicted octanol–water partition coefficient (Wildman–Crippen LogP) is 1.55. The molecule has 3 nitrogen and oxygen atoms in total. The normalized spacial score (nSPS) is 28.1. The summed E-state index contributed by atoms with van der Waals surface area (Å²) in [6.45, 7) is 2.71. The van der Waals surface area contributed by atoms with Crippen LogP contribution in [0.2, 0.25) is 0 Å². The lowest BCUT2D eigenvalue weighted by molar-refractivity contribution is -0.132. The molecule has 2 unspecified atom stereocenters. The number of nitrogens with zero attached hydrogens (tertiary/aromatic N) is 1. The number of aliphatic hydroxyl groups excluding tert-OH is 1. The highest BCUT2D eigenvalue weighted by molar-refractivity contribution is 5.77. The smallest absolute Gasteiger partial charge is 0.223 e. The summed E-state index contributed by atoms with van der Waals surface area (Å²) in [5.41, 5.74) is 0. The summed E-state index contributed by atoms with van der Waals surface area (Å²) in [5.74, 6) is 0.992. The van der Waals surface area contributed by atoms with Crippen molar-refractivity contribution in [1.82, 2.24) is 4.90 Å². The van der Waals surface area contributed by atoms with Gasteiger partial charge in [-0.3, -0.25) is 4.79 Å². The van der Waals surface area contributed by atoms with E-state index in [1.807, 2.05) is 11.8 Å². The van der Waals surface area contributed by atoms with Gasteiger partial charge in [0.1, 0.15) is 0 Å². The molecule has 2 atom stereocenters. The molecule has 2 rings (SSSR count). The molecule has 1 heterocycles. The van der Waals surface area contributed by atoms with Crippen molar-refractivity contribution in [3.8, 4) is 0 Å². The molecule has 1 saturated heterocycles. The minimum absolute atomic E-state index is 0.288. The van der Waals surface area contributed by atoms with E-state index in [9.17, 15) is 9.90 Å². The lowest BCUT2D eigenvalue weighted by atomic mass is 10.1. The van der Waals surface area contributed by atoms with Crippen LogP contribution in [0.4, 0.5) is 0 Å². The first-order chi connectivity index (χ1) is 7.16. The molecule has 0 radical (unpaired) electrons. The topological polar surface area (TPSA) is 40.5 Å². The minimum Gasteiger partial charge on any atom is -0.393 e. The van der Waals surface area contributed by atoms with Gasteiger partial charge in [-0.05, 0) is 44.9 Å². The van der Waals surface area contributed by atoms with E-state index in [0.717, 1.165) is 32.2 Å². The van der Waals surface area contributed by atoms with Crippen LogP contribution in [-0.4, -0.2) is 34.6 Å². The van der Waals surface area contributed by atoms with Gasteiger partial charge in [0.05, 0.1) is 6.10 Å². The van der Waals surface area contributed by atoms with Crippen LogP contribution in [0.5, 0.6) is 0 Å². The average Bonchev–Trinajstić information content (AvgIpc) is 2.83. The van der Waals surface area contributed by atoms with Gasteiger partial charge in [-0.1, -0.05) is 0 Å².